The molecule has 9 rings (SSSR count). The molecule has 1 saturated heterocycles. The molecule has 0 bridgehead atoms. The van der Waals surface area contributed by atoms with E-state index in [9.17, 15) is 38.2 Å². The predicted molar refractivity (Wildman–Crippen MR) is 312 cm³/mol. The third kappa shape index (κ3) is 15.0. The highest BCUT2D eigenvalue weighted by Gasteiger charge is 2.47. The lowest BCUT2D eigenvalue weighted by atomic mass is 9.93. The van der Waals surface area contributed by atoms with E-state index in [2.05, 4.69) is 41.2 Å². The quantitative estimate of drug-likeness (QED) is 0.0495. The minimum atomic E-state index is -2.03. The van der Waals surface area contributed by atoms with Gasteiger partial charge in [0.25, 0.3) is 11.8 Å². The molecular formula is C64H60F2N10O8. The lowest BCUT2D eigenvalue weighted by molar-refractivity contribution is -0.161. The zero-order valence-electron chi connectivity index (χ0n) is 47.5. The Morgan fingerprint density at radius 1 is 0.667 bits per heavy atom. The minimum absolute atomic E-state index is 0.0209. The number of hydrogen-bond donors (Lipinski definition) is 4. The maximum Gasteiger partial charge on any atom is 0.258 e. The van der Waals surface area contributed by atoms with Gasteiger partial charge in [0.1, 0.15) is 22.8 Å². The Labute approximate surface area is 484 Å². The number of aryl methyl sites for hydroxylation is 4. The summed E-state index contributed by atoms with van der Waals surface area (Å²) in [6.07, 6.45) is 3.00. The molecule has 0 unspecified atom stereocenters. The fraction of sp³-hybridized carbons (Fsp3) is 0.281. The molecule has 84 heavy (non-hydrogen) atoms. The van der Waals surface area contributed by atoms with Crippen molar-refractivity contribution in [2.75, 3.05) is 23.8 Å². The Kier molecular flexibility index (Phi) is 18.8. The van der Waals surface area contributed by atoms with Crippen LogP contribution in [0.25, 0.3) is 36.6 Å². The average Bonchev–Trinajstić information content (AvgIpc) is 2.85. The van der Waals surface area contributed by atoms with Crippen molar-refractivity contribution in [2.24, 2.45) is 0 Å². The van der Waals surface area contributed by atoms with Gasteiger partial charge in [-0.3, -0.25) is 19.2 Å². The number of Topliss-reactive ketones (excluding diaryl/α,β-unsaturated/α-hetero) is 2. The first kappa shape index (κ1) is 61.8. The monoisotopic (exact) mass is 1130 g/mol. The number of ether oxygens (including phenoxy) is 2. The number of fused-ring (bicyclic) bond motifs is 2. The molecule has 0 spiro atoms. The summed E-state index contributed by atoms with van der Waals surface area (Å²) in [6, 6.07) is 30.7. The molecule has 1 fully saturated rings. The number of amides is 2. The number of nitrogens with one attached hydrogen (secondary N) is 2. The van der Waals surface area contributed by atoms with Crippen molar-refractivity contribution in [3.8, 4) is 6.07 Å². The summed E-state index contributed by atoms with van der Waals surface area (Å²) in [7, 11) is 0. The van der Waals surface area contributed by atoms with E-state index in [1.807, 2.05) is 13.8 Å². The standard InChI is InChI=1S/C32H30FN5O4.C20H18FN3O2.C12H12N2O2/c1-20-13-25(9-7-23(20)16-34)37-30(40)31(3,41)18-42-32(4,17-38-19-36-27-15-24(33)8-11-28(27)38)29(39)14-22-6-10-26(35-5)21(2)12-22;1-13-8-14(4-6-16(13)22-3)9-19(25)20(2,26)11-24-12-23-17-10-15(21)5-7-18(17)24;1-8-6-9(4-5-10(8)13-3)14-11(15)12(2)7-16-12/h6-13,15,19,41H,14,17-18H2,1-4H3,(H,37,40);4-8,10,12,26H,9,11H2,1-2H3;4-6H,7H2,1-2H3,(H,14,15)/t31-,32-;20-;12-/m000/s1. The second-order valence-electron chi connectivity index (χ2n) is 21.4. The van der Waals surface area contributed by atoms with Crippen LogP contribution in [0.15, 0.2) is 122 Å². The van der Waals surface area contributed by atoms with E-state index < -0.39 is 40.7 Å². The van der Waals surface area contributed by atoms with E-state index in [-0.39, 0.29) is 49.2 Å². The molecule has 2 amide bonds. The van der Waals surface area contributed by atoms with Crippen LogP contribution in [0.3, 0.4) is 0 Å². The number of rotatable bonds is 17. The van der Waals surface area contributed by atoms with Crippen LogP contribution >= 0.6 is 0 Å². The van der Waals surface area contributed by atoms with Crippen molar-refractivity contribution < 1.29 is 47.6 Å². The van der Waals surface area contributed by atoms with Crippen molar-refractivity contribution in [1.82, 2.24) is 19.1 Å². The smallest absolute Gasteiger partial charge is 0.258 e. The summed E-state index contributed by atoms with van der Waals surface area (Å²) in [5.41, 5.74) is 3.95. The van der Waals surface area contributed by atoms with E-state index in [4.69, 9.17) is 34.5 Å². The number of anilines is 2. The normalized spacial score (nSPS) is 15.3. The number of nitrogens with zero attached hydrogens (tertiary/aromatic N) is 8. The van der Waals surface area contributed by atoms with Crippen LogP contribution in [0.2, 0.25) is 0 Å². The molecule has 0 aliphatic carbocycles. The third-order valence-electron chi connectivity index (χ3n) is 14.2. The first-order valence-corrected chi connectivity index (χ1v) is 26.3. The van der Waals surface area contributed by atoms with Crippen molar-refractivity contribution in [3.63, 3.8) is 0 Å². The van der Waals surface area contributed by atoms with Gasteiger partial charge in [0.05, 0.1) is 92.4 Å². The summed E-state index contributed by atoms with van der Waals surface area (Å²) in [4.78, 5) is 69.7. The molecule has 0 saturated carbocycles. The molecule has 4 N–H and O–H groups in total. The maximum absolute atomic E-state index is 13.8. The van der Waals surface area contributed by atoms with Crippen molar-refractivity contribution in [2.45, 2.75) is 104 Å². The van der Waals surface area contributed by atoms with Crippen molar-refractivity contribution >= 4 is 73.9 Å². The lowest BCUT2D eigenvalue weighted by Gasteiger charge is -2.33. The van der Waals surface area contributed by atoms with E-state index in [0.717, 1.165) is 22.3 Å². The van der Waals surface area contributed by atoms with Gasteiger partial charge in [-0.2, -0.15) is 5.26 Å². The molecule has 18 nitrogen and oxygen atoms in total. The van der Waals surface area contributed by atoms with Gasteiger partial charge in [-0.25, -0.2) is 33.3 Å². The van der Waals surface area contributed by atoms with Crippen LogP contribution in [0.4, 0.5) is 37.2 Å². The molecule has 20 heteroatoms. The van der Waals surface area contributed by atoms with E-state index in [1.54, 1.807) is 122 Å². The third-order valence-corrected chi connectivity index (χ3v) is 14.2. The summed E-state index contributed by atoms with van der Waals surface area (Å²) < 4.78 is 41.5. The number of epoxide rings is 1. The van der Waals surface area contributed by atoms with E-state index in [0.29, 0.717) is 73.8 Å². The maximum atomic E-state index is 13.8. The number of aliphatic hydroxyl groups is 2. The Balaban J connectivity index is 0.000000203. The minimum Gasteiger partial charge on any atom is -0.380 e. The molecular weight excluding hydrogens is 1070 g/mol. The summed E-state index contributed by atoms with van der Waals surface area (Å²) >= 11 is 0. The number of carbonyl (C=O) groups is 4. The largest absolute Gasteiger partial charge is 0.380 e. The highest BCUT2D eigenvalue weighted by Crippen LogP contribution is 2.31. The Morgan fingerprint density at radius 2 is 1.13 bits per heavy atom. The summed E-state index contributed by atoms with van der Waals surface area (Å²) in [5, 5.41) is 36.3. The number of nitriles is 1. The Morgan fingerprint density at radius 3 is 1.61 bits per heavy atom. The van der Waals surface area contributed by atoms with E-state index >= 15 is 0 Å². The number of imidazole rings is 2. The molecule has 1 aliphatic heterocycles. The fourth-order valence-electron chi connectivity index (χ4n) is 8.80. The predicted octanol–water partition coefficient (Wildman–Crippen LogP) is 11.1. The second-order valence-corrected chi connectivity index (χ2v) is 21.4. The van der Waals surface area contributed by atoms with Gasteiger partial charge in [-0.05, 0) is 143 Å². The zero-order valence-corrected chi connectivity index (χ0v) is 47.5. The van der Waals surface area contributed by atoms with Crippen LogP contribution in [-0.2, 0) is 54.6 Å². The number of aromatic nitrogens is 4. The van der Waals surface area contributed by atoms with Gasteiger partial charge in [-0.1, -0.05) is 42.5 Å². The molecule has 4 atom stereocenters. The molecule has 0 radical (unpaired) electrons. The zero-order chi connectivity index (χ0) is 61.3. The Bertz CT molecular complexity index is 4040. The van der Waals surface area contributed by atoms with Gasteiger partial charge < -0.3 is 39.5 Å². The summed E-state index contributed by atoms with van der Waals surface area (Å²) in [5.74, 6) is -2.39. The van der Waals surface area contributed by atoms with Crippen LogP contribution < -0.4 is 10.6 Å². The van der Waals surface area contributed by atoms with Gasteiger partial charge in [-0.15, -0.1) is 0 Å². The molecule has 8 aromatic rings. The van der Waals surface area contributed by atoms with Crippen LogP contribution in [0, 0.1) is 70.4 Å². The first-order valence-electron chi connectivity index (χ1n) is 26.3. The first-order chi connectivity index (χ1) is 39.7. The Hall–Kier alpha value is -9.80. The number of benzene rings is 6. The molecule has 6 aromatic carbocycles. The van der Waals surface area contributed by atoms with Crippen LogP contribution in [0.5, 0.6) is 0 Å². The lowest BCUT2D eigenvalue weighted by Crippen LogP contribution is -2.50. The molecule has 1 aliphatic rings. The number of ketones is 2. The number of carbonyl (C=O) groups excluding carboxylic acids is 4. The van der Waals surface area contributed by atoms with Gasteiger partial charge in [0.2, 0.25) is 0 Å². The topological polar surface area (TPSA) is 227 Å². The van der Waals surface area contributed by atoms with Gasteiger partial charge in [0, 0.05) is 36.3 Å². The molecule has 428 valence electrons. The van der Waals surface area contributed by atoms with Gasteiger partial charge >= 0.3 is 0 Å². The second kappa shape index (κ2) is 25.6. The van der Waals surface area contributed by atoms with Gasteiger partial charge in [0.15, 0.2) is 39.8 Å². The SMILES string of the molecule is [C-]#[N+]c1ccc(CC(=O)[C@@](C)(O)Cn2cnc3cc(F)ccc32)cc1C.[C-]#[N+]c1ccc(CC(=O)[C@](C)(Cn2cnc3cc(F)ccc32)OC[C@](C)(O)C(=O)Nc2ccc(C#N)c(C)c2)cc1C.[C-]#[N+]c1ccc(NC(=O)[C@]2(C)CO2)cc1C. The van der Waals surface area contributed by atoms with Crippen LogP contribution in [-0.4, -0.2) is 88.3 Å². The van der Waals surface area contributed by atoms with Crippen molar-refractivity contribution in [3.05, 3.63) is 207 Å². The fourth-order valence-corrected chi connectivity index (χ4v) is 8.80. The summed E-state index contributed by atoms with van der Waals surface area (Å²) in [6.45, 7) is 34.5. The highest BCUT2D eigenvalue weighted by atomic mass is 19.1. The highest BCUT2D eigenvalue weighted by molar-refractivity contribution is 5.99. The molecule has 2 aromatic heterocycles. The van der Waals surface area contributed by atoms with Crippen molar-refractivity contribution in [1.29, 1.82) is 5.26 Å². The number of hydrogen-bond acceptors (Lipinski definition) is 11. The molecule has 3 heterocycles. The van der Waals surface area contributed by atoms with E-state index in [1.165, 1.54) is 50.8 Å². The number of halogens is 2. The van der Waals surface area contributed by atoms with Crippen LogP contribution in [0.1, 0.15) is 66.6 Å². The average molecular weight is 1140 g/mol.